The van der Waals surface area contributed by atoms with Gasteiger partial charge in [0.15, 0.2) is 0 Å². The number of rotatable bonds is 1. The number of benzene rings is 1. The highest BCUT2D eigenvalue weighted by Crippen LogP contribution is 2.23. The Morgan fingerprint density at radius 2 is 1.82 bits per heavy atom. The maximum atomic E-state index is 12.4. The van der Waals surface area contributed by atoms with E-state index in [1.54, 1.807) is 6.07 Å². The van der Waals surface area contributed by atoms with E-state index >= 15 is 0 Å². The standard InChI is InChI=1S/C14H20N2O/c1-10-7-11(2)9-16(8-10)14(17)12-5-3-4-6-13(12)15/h3-6,10-11H,7-9,15H2,1-2H3/t10-,11+. The Morgan fingerprint density at radius 1 is 1.24 bits per heavy atom. The fraction of sp³-hybridized carbons (Fsp3) is 0.500. The number of anilines is 1. The van der Waals surface area contributed by atoms with Gasteiger partial charge in [-0.25, -0.2) is 0 Å². The lowest BCUT2D eigenvalue weighted by atomic mass is 9.91. The molecule has 1 aromatic rings. The van der Waals surface area contributed by atoms with E-state index < -0.39 is 0 Å². The first kappa shape index (κ1) is 12.0. The van der Waals surface area contributed by atoms with Gasteiger partial charge in [-0.2, -0.15) is 0 Å². The van der Waals surface area contributed by atoms with Crippen molar-refractivity contribution in [3.63, 3.8) is 0 Å². The van der Waals surface area contributed by atoms with Crippen molar-refractivity contribution in [1.82, 2.24) is 4.90 Å². The van der Waals surface area contributed by atoms with E-state index in [0.717, 1.165) is 13.1 Å². The molecule has 3 heteroatoms. The minimum atomic E-state index is 0.0708. The molecule has 3 nitrogen and oxygen atoms in total. The molecule has 2 rings (SSSR count). The van der Waals surface area contributed by atoms with Gasteiger partial charge in [-0.1, -0.05) is 26.0 Å². The van der Waals surface area contributed by atoms with Crippen molar-refractivity contribution in [2.24, 2.45) is 11.8 Å². The first-order valence-corrected chi connectivity index (χ1v) is 6.21. The summed E-state index contributed by atoms with van der Waals surface area (Å²) in [6.45, 7) is 6.09. The van der Waals surface area contributed by atoms with Crippen LogP contribution in [0.3, 0.4) is 0 Å². The third-order valence-electron chi connectivity index (χ3n) is 3.35. The maximum absolute atomic E-state index is 12.4. The topological polar surface area (TPSA) is 46.3 Å². The number of carbonyl (C=O) groups is 1. The molecule has 2 N–H and O–H groups in total. The average Bonchev–Trinajstić information content (AvgIpc) is 2.27. The van der Waals surface area contributed by atoms with Crippen LogP contribution in [0.15, 0.2) is 24.3 Å². The fourth-order valence-electron chi connectivity index (χ4n) is 2.69. The molecule has 1 aromatic carbocycles. The van der Waals surface area contributed by atoms with Gasteiger partial charge >= 0.3 is 0 Å². The van der Waals surface area contributed by atoms with Crippen LogP contribution in [0, 0.1) is 11.8 Å². The molecule has 0 bridgehead atoms. The lowest BCUT2D eigenvalue weighted by Gasteiger charge is -2.35. The van der Waals surface area contributed by atoms with Crippen molar-refractivity contribution < 1.29 is 4.79 Å². The third-order valence-corrected chi connectivity index (χ3v) is 3.35. The summed E-state index contributed by atoms with van der Waals surface area (Å²) in [6, 6.07) is 7.31. The summed E-state index contributed by atoms with van der Waals surface area (Å²) >= 11 is 0. The van der Waals surface area contributed by atoms with Crippen LogP contribution in [0.1, 0.15) is 30.6 Å². The van der Waals surface area contributed by atoms with Gasteiger partial charge in [0.25, 0.3) is 5.91 Å². The van der Waals surface area contributed by atoms with Crippen LogP contribution in [0.25, 0.3) is 0 Å². The van der Waals surface area contributed by atoms with Crippen molar-refractivity contribution in [3.05, 3.63) is 29.8 Å². The second-order valence-electron chi connectivity index (χ2n) is 5.24. The van der Waals surface area contributed by atoms with E-state index in [0.29, 0.717) is 23.1 Å². The van der Waals surface area contributed by atoms with E-state index in [4.69, 9.17) is 5.73 Å². The van der Waals surface area contributed by atoms with E-state index in [1.807, 2.05) is 23.1 Å². The van der Waals surface area contributed by atoms with Crippen LogP contribution in [0.5, 0.6) is 0 Å². The molecule has 1 fully saturated rings. The number of hydrogen-bond acceptors (Lipinski definition) is 2. The predicted octanol–water partition coefficient (Wildman–Crippen LogP) is 2.39. The van der Waals surface area contributed by atoms with Gasteiger partial charge < -0.3 is 10.6 Å². The Balaban J connectivity index is 2.17. The lowest BCUT2D eigenvalue weighted by molar-refractivity contribution is 0.0624. The zero-order chi connectivity index (χ0) is 12.4. The largest absolute Gasteiger partial charge is 0.398 e. The Morgan fingerprint density at radius 3 is 2.41 bits per heavy atom. The van der Waals surface area contributed by atoms with Gasteiger partial charge in [0.1, 0.15) is 0 Å². The van der Waals surface area contributed by atoms with Gasteiger partial charge in [0.2, 0.25) is 0 Å². The van der Waals surface area contributed by atoms with Crippen LogP contribution in [-0.4, -0.2) is 23.9 Å². The van der Waals surface area contributed by atoms with Crippen LogP contribution >= 0.6 is 0 Å². The van der Waals surface area contributed by atoms with Crippen molar-refractivity contribution in [1.29, 1.82) is 0 Å². The first-order chi connectivity index (χ1) is 8.08. The van der Waals surface area contributed by atoms with E-state index in [2.05, 4.69) is 13.8 Å². The number of carbonyl (C=O) groups excluding carboxylic acids is 1. The molecule has 17 heavy (non-hydrogen) atoms. The molecule has 0 aliphatic carbocycles. The molecule has 2 atom stereocenters. The van der Waals surface area contributed by atoms with Crippen molar-refractivity contribution in [3.8, 4) is 0 Å². The van der Waals surface area contributed by atoms with Crippen LogP contribution < -0.4 is 5.73 Å². The highest BCUT2D eigenvalue weighted by atomic mass is 16.2. The molecule has 92 valence electrons. The monoisotopic (exact) mass is 232 g/mol. The molecule has 0 radical (unpaired) electrons. The number of nitrogens with zero attached hydrogens (tertiary/aromatic N) is 1. The molecule has 0 aromatic heterocycles. The van der Waals surface area contributed by atoms with Crippen LogP contribution in [0.4, 0.5) is 5.69 Å². The fourth-order valence-corrected chi connectivity index (χ4v) is 2.69. The summed E-state index contributed by atoms with van der Waals surface area (Å²) in [5, 5.41) is 0. The predicted molar refractivity (Wildman–Crippen MR) is 69.7 cm³/mol. The quantitative estimate of drug-likeness (QED) is 0.756. The smallest absolute Gasteiger partial charge is 0.255 e. The Bertz CT molecular complexity index is 406. The Labute approximate surface area is 103 Å². The summed E-state index contributed by atoms with van der Waals surface area (Å²) < 4.78 is 0. The molecule has 1 saturated heterocycles. The number of amides is 1. The zero-order valence-corrected chi connectivity index (χ0v) is 10.5. The minimum Gasteiger partial charge on any atom is -0.398 e. The molecule has 0 unspecified atom stereocenters. The normalized spacial score (nSPS) is 24.7. The first-order valence-electron chi connectivity index (χ1n) is 6.21. The number of nitrogen functional groups attached to an aromatic ring is 1. The summed E-state index contributed by atoms with van der Waals surface area (Å²) in [5.74, 6) is 1.22. The maximum Gasteiger partial charge on any atom is 0.255 e. The van der Waals surface area contributed by atoms with Gasteiger partial charge in [0, 0.05) is 18.8 Å². The summed E-state index contributed by atoms with van der Waals surface area (Å²) in [4.78, 5) is 14.3. The molecule has 1 aliphatic heterocycles. The van der Waals surface area contributed by atoms with Gasteiger partial charge in [0.05, 0.1) is 5.56 Å². The van der Waals surface area contributed by atoms with Gasteiger partial charge in [-0.15, -0.1) is 0 Å². The highest BCUT2D eigenvalue weighted by molar-refractivity contribution is 5.99. The number of likely N-dealkylation sites (tertiary alicyclic amines) is 1. The summed E-state index contributed by atoms with van der Waals surface area (Å²) in [5.41, 5.74) is 7.06. The number of hydrogen-bond donors (Lipinski definition) is 1. The number of piperidine rings is 1. The van der Waals surface area contributed by atoms with Crippen molar-refractivity contribution in [2.75, 3.05) is 18.8 Å². The number of para-hydroxylation sites is 1. The van der Waals surface area contributed by atoms with E-state index in [-0.39, 0.29) is 5.91 Å². The van der Waals surface area contributed by atoms with Gasteiger partial charge in [-0.05, 0) is 30.4 Å². The van der Waals surface area contributed by atoms with E-state index in [1.165, 1.54) is 6.42 Å². The summed E-state index contributed by atoms with van der Waals surface area (Å²) in [6.07, 6.45) is 1.20. The Kier molecular flexibility index (Phi) is 3.36. The number of nitrogens with two attached hydrogens (primary N) is 1. The van der Waals surface area contributed by atoms with Crippen molar-refractivity contribution >= 4 is 11.6 Å². The van der Waals surface area contributed by atoms with Crippen molar-refractivity contribution in [2.45, 2.75) is 20.3 Å². The van der Waals surface area contributed by atoms with Crippen LogP contribution in [-0.2, 0) is 0 Å². The van der Waals surface area contributed by atoms with Crippen LogP contribution in [0.2, 0.25) is 0 Å². The molecular formula is C14H20N2O. The minimum absolute atomic E-state index is 0.0708. The van der Waals surface area contributed by atoms with E-state index in [9.17, 15) is 4.79 Å². The molecule has 0 spiro atoms. The second kappa shape index (κ2) is 4.78. The molecule has 0 saturated carbocycles. The third kappa shape index (κ3) is 2.60. The van der Waals surface area contributed by atoms with Gasteiger partial charge in [-0.3, -0.25) is 4.79 Å². The average molecular weight is 232 g/mol. The molecule has 1 amide bonds. The molecular weight excluding hydrogens is 212 g/mol. The SMILES string of the molecule is C[C@@H]1C[C@H](C)CN(C(=O)c2ccccc2N)C1. The lowest BCUT2D eigenvalue weighted by Crippen LogP contribution is -2.42. The molecule has 1 heterocycles. The zero-order valence-electron chi connectivity index (χ0n) is 10.5. The molecule has 1 aliphatic rings. The Hall–Kier alpha value is -1.51. The second-order valence-corrected chi connectivity index (χ2v) is 5.24. The highest BCUT2D eigenvalue weighted by Gasteiger charge is 2.26. The summed E-state index contributed by atoms with van der Waals surface area (Å²) in [7, 11) is 0.